The van der Waals surface area contributed by atoms with E-state index < -0.39 is 0 Å². The standard InChI is InChI=1S/C7H5NO2/c8-6-4-2-1-3-5(6)10-7(4)9/h1-3H,8H2. The van der Waals surface area contributed by atoms with Gasteiger partial charge in [-0.25, -0.2) is 4.79 Å². The molecule has 0 aliphatic carbocycles. The van der Waals surface area contributed by atoms with E-state index in [0.29, 0.717) is 17.0 Å². The van der Waals surface area contributed by atoms with Crippen molar-refractivity contribution >= 4 is 11.7 Å². The number of anilines is 1. The van der Waals surface area contributed by atoms with Crippen molar-refractivity contribution in [2.24, 2.45) is 0 Å². The number of ether oxygens (including phenoxy) is 1. The maximum Gasteiger partial charge on any atom is 0.345 e. The van der Waals surface area contributed by atoms with Crippen LogP contribution in [-0.4, -0.2) is 5.97 Å². The summed E-state index contributed by atoms with van der Waals surface area (Å²) < 4.78 is 4.76. The van der Waals surface area contributed by atoms with E-state index in [9.17, 15) is 4.79 Å². The molecule has 3 nitrogen and oxygen atoms in total. The average Bonchev–Trinajstić information content (AvgIpc) is 2.16. The molecule has 2 rings (SSSR count). The maximum absolute atomic E-state index is 10.8. The van der Waals surface area contributed by atoms with Crippen LogP contribution >= 0.6 is 0 Å². The minimum atomic E-state index is -0.350. The molecule has 10 heavy (non-hydrogen) atoms. The Kier molecular flexibility index (Phi) is 0.795. The molecule has 0 fully saturated rings. The highest BCUT2D eigenvalue weighted by Crippen LogP contribution is 2.31. The Hall–Kier alpha value is -1.51. The van der Waals surface area contributed by atoms with Crippen molar-refractivity contribution in [1.29, 1.82) is 0 Å². The van der Waals surface area contributed by atoms with Crippen molar-refractivity contribution in [1.82, 2.24) is 0 Å². The van der Waals surface area contributed by atoms with Crippen molar-refractivity contribution in [2.45, 2.75) is 0 Å². The van der Waals surface area contributed by atoms with Gasteiger partial charge in [0.25, 0.3) is 0 Å². The zero-order valence-corrected chi connectivity index (χ0v) is 5.13. The van der Waals surface area contributed by atoms with Crippen molar-refractivity contribution < 1.29 is 9.53 Å². The molecule has 1 aliphatic rings. The molecule has 50 valence electrons. The number of nitrogen functional groups attached to an aromatic ring is 1. The van der Waals surface area contributed by atoms with Gasteiger partial charge >= 0.3 is 5.97 Å². The summed E-state index contributed by atoms with van der Waals surface area (Å²) in [7, 11) is 0. The Bertz CT molecular complexity index is 306. The SMILES string of the molecule is Nc1c2cccc1C(=O)O2. The molecule has 0 amide bonds. The summed E-state index contributed by atoms with van der Waals surface area (Å²) in [6, 6.07) is 5.06. The molecule has 2 N–H and O–H groups in total. The van der Waals surface area contributed by atoms with E-state index in [2.05, 4.69) is 0 Å². The van der Waals surface area contributed by atoms with E-state index in [1.165, 1.54) is 0 Å². The van der Waals surface area contributed by atoms with E-state index in [0.717, 1.165) is 0 Å². The van der Waals surface area contributed by atoms with Crippen molar-refractivity contribution in [3.05, 3.63) is 23.8 Å². The number of fused-ring (bicyclic) bond motifs is 2. The molecule has 0 radical (unpaired) electrons. The number of nitrogens with two attached hydrogens (primary N) is 1. The van der Waals surface area contributed by atoms with Gasteiger partial charge in [0.15, 0.2) is 5.75 Å². The molecule has 1 heterocycles. The lowest BCUT2D eigenvalue weighted by atomic mass is 10.2. The topological polar surface area (TPSA) is 52.3 Å². The van der Waals surface area contributed by atoms with E-state index in [-0.39, 0.29) is 5.97 Å². The van der Waals surface area contributed by atoms with Gasteiger partial charge in [0.05, 0.1) is 11.3 Å². The Balaban J connectivity index is 2.76. The zero-order valence-electron chi connectivity index (χ0n) is 5.13. The van der Waals surface area contributed by atoms with Gasteiger partial charge in [0, 0.05) is 0 Å². The van der Waals surface area contributed by atoms with E-state index in [4.69, 9.17) is 10.5 Å². The highest BCUT2D eigenvalue weighted by Gasteiger charge is 2.22. The molecule has 1 aromatic rings. The van der Waals surface area contributed by atoms with Crippen LogP contribution in [0.25, 0.3) is 0 Å². The third-order valence-corrected chi connectivity index (χ3v) is 1.49. The number of benzene rings is 1. The van der Waals surface area contributed by atoms with Gasteiger partial charge in [0.2, 0.25) is 0 Å². The summed E-state index contributed by atoms with van der Waals surface area (Å²) in [5, 5.41) is 0. The van der Waals surface area contributed by atoms with Crippen LogP contribution in [-0.2, 0) is 0 Å². The molecule has 0 atom stereocenters. The highest BCUT2D eigenvalue weighted by atomic mass is 16.5. The Labute approximate surface area is 57.4 Å². The lowest BCUT2D eigenvalue weighted by Crippen LogP contribution is -1.99. The van der Waals surface area contributed by atoms with Crippen molar-refractivity contribution in [3.63, 3.8) is 0 Å². The predicted molar refractivity (Wildman–Crippen MR) is 35.8 cm³/mol. The molecular weight excluding hydrogens is 130 g/mol. The van der Waals surface area contributed by atoms with Gasteiger partial charge in [-0.15, -0.1) is 0 Å². The number of carbonyl (C=O) groups excluding carboxylic acids is 1. The number of hydrogen-bond acceptors (Lipinski definition) is 3. The Morgan fingerprint density at radius 3 is 2.80 bits per heavy atom. The fourth-order valence-electron chi connectivity index (χ4n) is 0.966. The van der Waals surface area contributed by atoms with Crippen LogP contribution in [0.2, 0.25) is 0 Å². The van der Waals surface area contributed by atoms with Gasteiger partial charge in [-0.2, -0.15) is 0 Å². The smallest absolute Gasteiger partial charge is 0.345 e. The van der Waals surface area contributed by atoms with Gasteiger partial charge in [-0.1, -0.05) is 6.07 Å². The Morgan fingerprint density at radius 1 is 1.40 bits per heavy atom. The Morgan fingerprint density at radius 2 is 2.20 bits per heavy atom. The molecule has 0 saturated carbocycles. The third kappa shape index (κ3) is 0.466. The van der Waals surface area contributed by atoms with Crippen LogP contribution < -0.4 is 10.5 Å². The zero-order chi connectivity index (χ0) is 7.14. The van der Waals surface area contributed by atoms with E-state index in [1.54, 1.807) is 18.2 Å². The first-order valence-corrected chi connectivity index (χ1v) is 2.90. The number of rotatable bonds is 0. The second kappa shape index (κ2) is 1.50. The second-order valence-electron chi connectivity index (χ2n) is 2.11. The fourth-order valence-corrected chi connectivity index (χ4v) is 0.966. The largest absolute Gasteiger partial charge is 0.421 e. The first-order chi connectivity index (χ1) is 4.79. The molecule has 3 heteroatoms. The number of hydrogen-bond donors (Lipinski definition) is 1. The first-order valence-electron chi connectivity index (χ1n) is 2.90. The van der Waals surface area contributed by atoms with Gasteiger partial charge < -0.3 is 10.5 Å². The molecule has 0 aromatic heterocycles. The lowest BCUT2D eigenvalue weighted by Gasteiger charge is -1.89. The van der Waals surface area contributed by atoms with Crippen LogP contribution in [0.15, 0.2) is 18.2 Å². The number of para-hydroxylation sites is 1. The fraction of sp³-hybridized carbons (Fsp3) is 0. The van der Waals surface area contributed by atoms with E-state index >= 15 is 0 Å². The average molecular weight is 135 g/mol. The van der Waals surface area contributed by atoms with E-state index in [1.807, 2.05) is 0 Å². The minimum Gasteiger partial charge on any atom is -0.421 e. The van der Waals surface area contributed by atoms with Gasteiger partial charge in [0.1, 0.15) is 0 Å². The molecule has 0 saturated heterocycles. The second-order valence-corrected chi connectivity index (χ2v) is 2.11. The molecule has 0 spiro atoms. The highest BCUT2D eigenvalue weighted by molar-refractivity contribution is 6.02. The molecule has 1 aromatic carbocycles. The summed E-state index contributed by atoms with van der Waals surface area (Å²) in [4.78, 5) is 10.8. The summed E-state index contributed by atoms with van der Waals surface area (Å²) in [5.74, 6) is 0.125. The monoisotopic (exact) mass is 135 g/mol. The summed E-state index contributed by atoms with van der Waals surface area (Å²) in [6.07, 6.45) is 0. The predicted octanol–water partition coefficient (Wildman–Crippen LogP) is 0.801. The van der Waals surface area contributed by atoms with Crippen molar-refractivity contribution in [3.8, 4) is 5.75 Å². The van der Waals surface area contributed by atoms with Crippen molar-refractivity contribution in [2.75, 3.05) is 5.73 Å². The molecule has 2 bridgehead atoms. The third-order valence-electron chi connectivity index (χ3n) is 1.49. The summed E-state index contributed by atoms with van der Waals surface area (Å²) in [5.41, 5.74) is 6.41. The van der Waals surface area contributed by atoms with Gasteiger partial charge in [-0.05, 0) is 12.1 Å². The summed E-state index contributed by atoms with van der Waals surface area (Å²) in [6.45, 7) is 0. The van der Waals surface area contributed by atoms with Crippen LogP contribution in [0.1, 0.15) is 10.4 Å². The van der Waals surface area contributed by atoms with Crippen LogP contribution in [0.5, 0.6) is 5.75 Å². The number of esters is 1. The molecule has 1 aliphatic heterocycles. The van der Waals surface area contributed by atoms with Crippen LogP contribution in [0.3, 0.4) is 0 Å². The first kappa shape index (κ1) is 5.29. The molecule has 0 unspecified atom stereocenters. The summed E-state index contributed by atoms with van der Waals surface area (Å²) >= 11 is 0. The normalized spacial score (nSPS) is 13.4. The molecular formula is C7H5NO2. The van der Waals surface area contributed by atoms with Crippen LogP contribution in [0, 0.1) is 0 Å². The van der Waals surface area contributed by atoms with Gasteiger partial charge in [-0.3, -0.25) is 0 Å². The quantitative estimate of drug-likeness (QED) is 0.423. The minimum absolute atomic E-state index is 0.350. The van der Waals surface area contributed by atoms with Crippen LogP contribution in [0.4, 0.5) is 5.69 Å². The maximum atomic E-state index is 10.8. The number of carbonyl (C=O) groups is 1. The lowest BCUT2D eigenvalue weighted by molar-refractivity contribution is 0.0755.